The Morgan fingerprint density at radius 3 is 2.19 bits per heavy atom. The number of unbranched alkanes of at least 4 members (excludes halogenated alkanes) is 1. The molecule has 1 aromatic heterocycles. The third-order valence-corrected chi connectivity index (χ3v) is 12.0. The number of likely N-dealkylation sites (tertiary alicyclic amines) is 1. The Morgan fingerprint density at radius 1 is 0.899 bits per heavy atom. The summed E-state index contributed by atoms with van der Waals surface area (Å²) in [7, 11) is 0. The van der Waals surface area contributed by atoms with Crippen LogP contribution in [0.4, 0.5) is 5.69 Å². The van der Waals surface area contributed by atoms with Gasteiger partial charge in [0.15, 0.2) is 0 Å². The van der Waals surface area contributed by atoms with Gasteiger partial charge in [-0.15, -0.1) is 5.10 Å². The fraction of sp³-hybridized carbons (Fsp3) is 0.700. The van der Waals surface area contributed by atoms with E-state index in [1.54, 1.807) is 42.8 Å². The van der Waals surface area contributed by atoms with Crippen molar-refractivity contribution >= 4 is 47.1 Å². The minimum atomic E-state index is -0.847. The van der Waals surface area contributed by atoms with Crippen LogP contribution >= 0.6 is 0 Å². The van der Waals surface area contributed by atoms with E-state index < -0.39 is 41.5 Å². The molecule has 1 aliphatic heterocycles. The van der Waals surface area contributed by atoms with Gasteiger partial charge in [-0.3, -0.25) is 38.5 Å². The van der Waals surface area contributed by atoms with E-state index in [1.165, 1.54) is 4.90 Å². The standard InChI is InChI=1S/C46H71N9O10.2C2H6/c1-7-41(59)64-28-33-13-17-35(18-14-33)50-43(61)37(10-8-9-21-47)51-39(57)30-63-29-38(56)48-22-19-46(5,6)65-23-20-45(3,4)55-27-36(52-53-55)25-49-42(60)34-15-11-32(12-16-34)26-54-40(58)24-31(2)44(54)62;2*1-2/h13-14,17-18,27,31-32,34,37H,7-12,15-16,19-26,28-30,47H2,1-6H3,(H,48,56)(H,49,60)(H,50,61)(H,51,57);2*1-2H3. The van der Waals surface area contributed by atoms with Gasteiger partial charge in [0.1, 0.15) is 31.6 Å². The third-order valence-electron chi connectivity index (χ3n) is 12.0. The molecule has 6 amide bonds. The lowest BCUT2D eigenvalue weighted by molar-refractivity contribution is -0.144. The molecule has 1 saturated carbocycles. The van der Waals surface area contributed by atoms with Gasteiger partial charge in [-0.1, -0.05) is 58.9 Å². The highest BCUT2D eigenvalue weighted by molar-refractivity contribution is 6.03. The molecule has 1 saturated heterocycles. The average molecular weight is 970 g/mol. The molecule has 6 N–H and O–H groups in total. The number of hydrogen-bond acceptors (Lipinski definition) is 13. The second-order valence-corrected chi connectivity index (χ2v) is 18.4. The summed E-state index contributed by atoms with van der Waals surface area (Å²) in [5.74, 6) is -2.01. The van der Waals surface area contributed by atoms with Crippen LogP contribution in [0.15, 0.2) is 30.5 Å². The Balaban J connectivity index is 0.00000397. The molecule has 0 bridgehead atoms. The van der Waals surface area contributed by atoms with Crippen LogP contribution in [0.3, 0.4) is 0 Å². The van der Waals surface area contributed by atoms with Crippen molar-refractivity contribution in [1.29, 1.82) is 0 Å². The summed E-state index contributed by atoms with van der Waals surface area (Å²) in [4.78, 5) is 88.7. The number of esters is 1. The number of carbonyl (C=O) groups excluding carboxylic acids is 7. The van der Waals surface area contributed by atoms with E-state index in [-0.39, 0.29) is 74.0 Å². The van der Waals surface area contributed by atoms with Crippen LogP contribution < -0.4 is 27.0 Å². The summed E-state index contributed by atoms with van der Waals surface area (Å²) < 4.78 is 18.5. The number of hydrogen-bond donors (Lipinski definition) is 5. The molecule has 19 heteroatoms. The Morgan fingerprint density at radius 2 is 1.57 bits per heavy atom. The maximum atomic E-state index is 13.1. The minimum absolute atomic E-state index is 0.0291. The van der Waals surface area contributed by atoms with Gasteiger partial charge in [0, 0.05) is 50.1 Å². The van der Waals surface area contributed by atoms with Gasteiger partial charge in [-0.05, 0) is 116 Å². The summed E-state index contributed by atoms with van der Waals surface area (Å²) >= 11 is 0. The number of nitrogens with zero attached hydrogens (tertiary/aromatic N) is 4. The molecule has 0 spiro atoms. The second kappa shape index (κ2) is 31.1. The number of anilines is 1. The number of nitrogens with two attached hydrogens (primary N) is 1. The number of amides is 6. The van der Waals surface area contributed by atoms with Crippen molar-refractivity contribution in [2.24, 2.45) is 23.5 Å². The quantitative estimate of drug-likeness (QED) is 0.0434. The highest BCUT2D eigenvalue weighted by Gasteiger charge is 2.38. The minimum Gasteiger partial charge on any atom is -0.461 e. The Kier molecular flexibility index (Phi) is 26.9. The molecule has 2 aromatic rings. The van der Waals surface area contributed by atoms with E-state index in [4.69, 9.17) is 19.9 Å². The van der Waals surface area contributed by atoms with E-state index in [2.05, 4.69) is 31.6 Å². The van der Waals surface area contributed by atoms with Crippen LogP contribution in [0.1, 0.15) is 151 Å². The average Bonchev–Trinajstić information content (AvgIpc) is 3.92. The maximum absolute atomic E-state index is 13.1. The smallest absolute Gasteiger partial charge is 0.305 e. The van der Waals surface area contributed by atoms with E-state index in [0.29, 0.717) is 82.6 Å². The summed E-state index contributed by atoms with van der Waals surface area (Å²) in [6, 6.07) is 6.01. The van der Waals surface area contributed by atoms with Gasteiger partial charge in [-0.2, -0.15) is 0 Å². The lowest BCUT2D eigenvalue weighted by Crippen LogP contribution is -2.45. The Bertz CT molecular complexity index is 1910. The lowest BCUT2D eigenvalue weighted by atomic mass is 9.81. The van der Waals surface area contributed by atoms with Gasteiger partial charge in [0.25, 0.3) is 0 Å². The largest absolute Gasteiger partial charge is 0.461 e. The van der Waals surface area contributed by atoms with E-state index in [1.807, 2.05) is 61.6 Å². The van der Waals surface area contributed by atoms with Crippen molar-refractivity contribution in [2.45, 2.75) is 170 Å². The molecular weight excluding hydrogens is 887 g/mol. The molecule has 19 nitrogen and oxygen atoms in total. The molecule has 69 heavy (non-hydrogen) atoms. The molecule has 1 aliphatic carbocycles. The zero-order valence-corrected chi connectivity index (χ0v) is 43.1. The van der Waals surface area contributed by atoms with Crippen molar-refractivity contribution in [3.63, 3.8) is 0 Å². The second-order valence-electron chi connectivity index (χ2n) is 18.4. The molecule has 2 aliphatic rings. The molecule has 2 atom stereocenters. The van der Waals surface area contributed by atoms with Crippen LogP contribution in [0.5, 0.6) is 0 Å². The van der Waals surface area contributed by atoms with Gasteiger partial charge in [-0.25, -0.2) is 4.68 Å². The first-order valence-corrected chi connectivity index (χ1v) is 25.0. The van der Waals surface area contributed by atoms with E-state index >= 15 is 0 Å². The van der Waals surface area contributed by atoms with Gasteiger partial charge < -0.3 is 41.2 Å². The van der Waals surface area contributed by atoms with Crippen LogP contribution in [0.25, 0.3) is 0 Å². The first-order chi connectivity index (χ1) is 32.9. The third kappa shape index (κ3) is 21.5. The van der Waals surface area contributed by atoms with Crippen molar-refractivity contribution in [3.05, 3.63) is 41.7 Å². The molecular formula is C50H83N9O10. The lowest BCUT2D eigenvalue weighted by Gasteiger charge is -2.30. The maximum Gasteiger partial charge on any atom is 0.305 e. The summed E-state index contributed by atoms with van der Waals surface area (Å²) in [5.41, 5.74) is 6.56. The number of carbonyl (C=O) groups is 7. The number of benzene rings is 1. The SMILES string of the molecule is CC.CC.CCC(=O)OCc1ccc(NC(=O)C(CCCCN)NC(=O)COCC(=O)NCCC(C)(C)OCCC(C)(C)n2cc(CNC(=O)C3CCC(CN4C(=O)CC(C)C4=O)CC3)nn2)cc1. The van der Waals surface area contributed by atoms with E-state index in [9.17, 15) is 33.6 Å². The fourth-order valence-corrected chi connectivity index (χ4v) is 7.63. The van der Waals surface area contributed by atoms with E-state index in [0.717, 1.165) is 18.4 Å². The predicted molar refractivity (Wildman–Crippen MR) is 263 cm³/mol. The Hall–Kier alpha value is -5.27. The highest BCUT2D eigenvalue weighted by atomic mass is 16.5. The molecule has 1 aromatic carbocycles. The molecule has 2 unspecified atom stereocenters. The van der Waals surface area contributed by atoms with Crippen molar-refractivity contribution < 1.29 is 47.8 Å². The first kappa shape index (κ1) is 59.9. The van der Waals surface area contributed by atoms with Crippen LogP contribution in [0, 0.1) is 17.8 Å². The normalized spacial score (nSPS) is 17.4. The fourth-order valence-electron chi connectivity index (χ4n) is 7.63. The predicted octanol–water partition coefficient (Wildman–Crippen LogP) is 5.30. The number of rotatable bonds is 27. The number of ether oxygens (including phenoxy) is 3. The molecule has 2 fully saturated rings. The van der Waals surface area contributed by atoms with Crippen LogP contribution in [0.2, 0.25) is 0 Å². The van der Waals surface area contributed by atoms with Gasteiger partial charge in [0.05, 0.1) is 23.9 Å². The summed E-state index contributed by atoms with van der Waals surface area (Å²) in [6.07, 6.45) is 8.19. The van der Waals surface area contributed by atoms with Crippen molar-refractivity contribution in [1.82, 2.24) is 35.8 Å². The van der Waals surface area contributed by atoms with Crippen LogP contribution in [-0.2, 0) is 66.5 Å². The number of aromatic nitrogens is 3. The Labute approximate surface area is 409 Å². The highest BCUT2D eigenvalue weighted by Crippen LogP contribution is 2.31. The van der Waals surface area contributed by atoms with Gasteiger partial charge >= 0.3 is 5.97 Å². The summed E-state index contributed by atoms with van der Waals surface area (Å²) in [6.45, 7) is 20.7. The monoisotopic (exact) mass is 970 g/mol. The number of imide groups is 1. The topological polar surface area (TPSA) is 255 Å². The zero-order valence-electron chi connectivity index (χ0n) is 43.1. The van der Waals surface area contributed by atoms with Crippen molar-refractivity contribution in [2.75, 3.05) is 44.8 Å². The summed E-state index contributed by atoms with van der Waals surface area (Å²) in [5, 5.41) is 19.9. The molecule has 0 radical (unpaired) electrons. The zero-order chi connectivity index (χ0) is 51.6. The molecule has 388 valence electrons. The molecule has 2 heterocycles. The van der Waals surface area contributed by atoms with Crippen LogP contribution in [-0.4, -0.2) is 112 Å². The molecule has 4 rings (SSSR count). The van der Waals surface area contributed by atoms with Crippen molar-refractivity contribution in [3.8, 4) is 0 Å². The number of nitrogens with one attached hydrogen (secondary N) is 4. The van der Waals surface area contributed by atoms with Gasteiger partial charge in [0.2, 0.25) is 35.4 Å². The first-order valence-electron chi connectivity index (χ1n) is 25.0.